The van der Waals surface area contributed by atoms with E-state index in [9.17, 15) is 0 Å². The van der Waals surface area contributed by atoms with E-state index in [1.165, 1.54) is 0 Å². The van der Waals surface area contributed by atoms with Crippen molar-refractivity contribution in [1.82, 2.24) is 0 Å². The molecule has 1 nitrogen and oxygen atoms in total. The van der Waals surface area contributed by atoms with E-state index < -0.39 is 0 Å². The van der Waals surface area contributed by atoms with Gasteiger partial charge in [-0.1, -0.05) is 19.2 Å². The highest BCUT2D eigenvalue weighted by Crippen LogP contribution is 2.13. The van der Waals surface area contributed by atoms with E-state index in [0.29, 0.717) is 0 Å². The summed E-state index contributed by atoms with van der Waals surface area (Å²) in [7, 11) is 0. The van der Waals surface area contributed by atoms with Crippen LogP contribution in [0.3, 0.4) is 0 Å². The first kappa shape index (κ1) is 11.0. The first-order valence-corrected chi connectivity index (χ1v) is 4.13. The minimum absolute atomic E-state index is 0.0485. The molecule has 0 aromatic carbocycles. The van der Waals surface area contributed by atoms with Gasteiger partial charge in [0.05, 0.1) is 0 Å². The summed E-state index contributed by atoms with van der Waals surface area (Å²) in [4.78, 5) is 0. The fraction of sp³-hybridized carbons (Fsp3) is 0.455. The molecule has 0 saturated carbocycles. The van der Waals surface area contributed by atoms with Crippen LogP contribution in [-0.2, 0) is 4.74 Å². The molecule has 0 fully saturated rings. The van der Waals surface area contributed by atoms with E-state index in [1.807, 2.05) is 33.8 Å². The van der Waals surface area contributed by atoms with Crippen molar-refractivity contribution in [2.24, 2.45) is 0 Å². The van der Waals surface area contributed by atoms with Gasteiger partial charge in [-0.05, 0) is 38.8 Å². The standard InChI is InChI=1S/C11H18O/c1-7-9(4)11(6)12-10(5)8(2)3/h7,10H,2,6H2,1,3-5H3/b9-7-. The first-order chi connectivity index (χ1) is 5.49. The van der Waals surface area contributed by atoms with Crippen molar-refractivity contribution in [3.8, 4) is 0 Å². The highest BCUT2D eigenvalue weighted by molar-refractivity contribution is 5.20. The highest BCUT2D eigenvalue weighted by atomic mass is 16.5. The predicted octanol–water partition coefficient (Wildman–Crippen LogP) is 3.45. The van der Waals surface area contributed by atoms with E-state index in [2.05, 4.69) is 13.2 Å². The zero-order valence-electron chi connectivity index (χ0n) is 8.48. The normalized spacial score (nSPS) is 13.8. The van der Waals surface area contributed by atoms with E-state index in [-0.39, 0.29) is 6.10 Å². The SMILES string of the molecule is C=C(OC(C)C(=C)C)/C(C)=C\C. The molecular weight excluding hydrogens is 148 g/mol. The summed E-state index contributed by atoms with van der Waals surface area (Å²) >= 11 is 0. The van der Waals surface area contributed by atoms with Crippen LogP contribution in [0, 0.1) is 0 Å². The summed E-state index contributed by atoms with van der Waals surface area (Å²) in [6.07, 6.45) is 2.03. The van der Waals surface area contributed by atoms with Crippen LogP contribution in [0.15, 0.2) is 36.1 Å². The molecule has 68 valence electrons. The number of hydrogen-bond acceptors (Lipinski definition) is 1. The Balaban J connectivity index is 4.11. The monoisotopic (exact) mass is 166 g/mol. The van der Waals surface area contributed by atoms with Crippen LogP contribution >= 0.6 is 0 Å². The summed E-state index contributed by atoms with van der Waals surface area (Å²) in [5.74, 6) is 0.730. The van der Waals surface area contributed by atoms with Crippen molar-refractivity contribution >= 4 is 0 Å². The molecule has 1 heteroatoms. The van der Waals surface area contributed by atoms with Crippen molar-refractivity contribution in [2.75, 3.05) is 0 Å². The van der Waals surface area contributed by atoms with Crippen LogP contribution in [0.5, 0.6) is 0 Å². The second-order valence-corrected chi connectivity index (χ2v) is 3.00. The molecule has 0 aliphatic carbocycles. The molecular formula is C11H18O. The Labute approximate surface area is 75.4 Å². The Bertz CT molecular complexity index is 211. The molecule has 0 N–H and O–H groups in total. The Hall–Kier alpha value is -0.980. The minimum Gasteiger partial charge on any atom is -0.487 e. The van der Waals surface area contributed by atoms with Crippen LogP contribution in [0.25, 0.3) is 0 Å². The van der Waals surface area contributed by atoms with Crippen molar-refractivity contribution in [3.63, 3.8) is 0 Å². The molecule has 0 aliphatic heterocycles. The zero-order chi connectivity index (χ0) is 9.72. The lowest BCUT2D eigenvalue weighted by molar-refractivity contribution is 0.169. The molecule has 0 saturated heterocycles. The molecule has 12 heavy (non-hydrogen) atoms. The predicted molar refractivity (Wildman–Crippen MR) is 53.9 cm³/mol. The van der Waals surface area contributed by atoms with Crippen LogP contribution in [0.4, 0.5) is 0 Å². The lowest BCUT2D eigenvalue weighted by Gasteiger charge is -2.16. The first-order valence-electron chi connectivity index (χ1n) is 4.13. The van der Waals surface area contributed by atoms with Gasteiger partial charge in [-0.15, -0.1) is 0 Å². The van der Waals surface area contributed by atoms with Gasteiger partial charge in [0.2, 0.25) is 0 Å². The average molecular weight is 166 g/mol. The van der Waals surface area contributed by atoms with Gasteiger partial charge in [0.25, 0.3) is 0 Å². The van der Waals surface area contributed by atoms with E-state index in [1.54, 1.807) is 0 Å². The molecule has 0 aromatic heterocycles. The maximum absolute atomic E-state index is 5.50. The summed E-state index contributed by atoms with van der Waals surface area (Å²) in [6, 6.07) is 0. The second-order valence-electron chi connectivity index (χ2n) is 3.00. The molecule has 0 aromatic rings. The van der Waals surface area contributed by atoms with Crippen LogP contribution < -0.4 is 0 Å². The third-order valence-corrected chi connectivity index (χ3v) is 1.89. The van der Waals surface area contributed by atoms with Gasteiger partial charge in [-0.25, -0.2) is 0 Å². The van der Waals surface area contributed by atoms with Crippen LogP contribution in [0.2, 0.25) is 0 Å². The van der Waals surface area contributed by atoms with Crippen molar-refractivity contribution < 1.29 is 4.74 Å². The fourth-order valence-corrected chi connectivity index (χ4v) is 0.568. The van der Waals surface area contributed by atoms with Crippen LogP contribution in [-0.4, -0.2) is 6.10 Å². The van der Waals surface area contributed by atoms with Gasteiger partial charge < -0.3 is 4.74 Å². The van der Waals surface area contributed by atoms with E-state index in [0.717, 1.165) is 16.9 Å². The summed E-state index contributed by atoms with van der Waals surface area (Å²) < 4.78 is 5.50. The molecule has 0 rings (SSSR count). The lowest BCUT2D eigenvalue weighted by Crippen LogP contribution is -2.08. The van der Waals surface area contributed by atoms with Crippen molar-refractivity contribution in [2.45, 2.75) is 33.8 Å². The Morgan fingerprint density at radius 3 is 2.17 bits per heavy atom. The van der Waals surface area contributed by atoms with Gasteiger partial charge in [-0.3, -0.25) is 0 Å². The Morgan fingerprint density at radius 1 is 1.33 bits per heavy atom. The molecule has 1 unspecified atom stereocenters. The second kappa shape index (κ2) is 4.81. The van der Waals surface area contributed by atoms with E-state index >= 15 is 0 Å². The number of rotatable bonds is 4. The smallest absolute Gasteiger partial charge is 0.116 e. The minimum atomic E-state index is 0.0485. The molecule has 0 radical (unpaired) electrons. The maximum atomic E-state index is 5.50. The average Bonchev–Trinajstić information content (AvgIpc) is 2.02. The zero-order valence-corrected chi connectivity index (χ0v) is 8.48. The van der Waals surface area contributed by atoms with Crippen molar-refractivity contribution in [1.29, 1.82) is 0 Å². The third kappa shape index (κ3) is 3.42. The Morgan fingerprint density at radius 2 is 1.83 bits per heavy atom. The number of allylic oxidation sites excluding steroid dienone is 2. The van der Waals surface area contributed by atoms with Gasteiger partial charge in [-0.2, -0.15) is 0 Å². The molecule has 0 heterocycles. The number of hydrogen-bond donors (Lipinski definition) is 0. The van der Waals surface area contributed by atoms with Gasteiger partial charge in [0.1, 0.15) is 11.9 Å². The molecule has 0 amide bonds. The summed E-state index contributed by atoms with van der Waals surface area (Å²) in [5, 5.41) is 0. The van der Waals surface area contributed by atoms with E-state index in [4.69, 9.17) is 4.74 Å². The Kier molecular flexibility index (Phi) is 4.42. The molecule has 1 atom stereocenters. The molecule has 0 bridgehead atoms. The van der Waals surface area contributed by atoms with Crippen LogP contribution in [0.1, 0.15) is 27.7 Å². The van der Waals surface area contributed by atoms with Gasteiger partial charge in [0, 0.05) is 0 Å². The fourth-order valence-electron chi connectivity index (χ4n) is 0.568. The largest absolute Gasteiger partial charge is 0.487 e. The van der Waals surface area contributed by atoms with Crippen molar-refractivity contribution in [3.05, 3.63) is 36.1 Å². The summed E-state index contributed by atoms with van der Waals surface area (Å²) in [6.45, 7) is 15.5. The topological polar surface area (TPSA) is 9.23 Å². The lowest BCUT2D eigenvalue weighted by atomic mass is 10.2. The highest BCUT2D eigenvalue weighted by Gasteiger charge is 2.05. The van der Waals surface area contributed by atoms with Gasteiger partial charge in [0.15, 0.2) is 0 Å². The molecule has 0 spiro atoms. The molecule has 0 aliphatic rings. The number of ether oxygens (including phenoxy) is 1. The summed E-state index contributed by atoms with van der Waals surface area (Å²) in [5.41, 5.74) is 2.09. The van der Waals surface area contributed by atoms with Gasteiger partial charge >= 0.3 is 0 Å². The third-order valence-electron chi connectivity index (χ3n) is 1.89. The maximum Gasteiger partial charge on any atom is 0.116 e. The quantitative estimate of drug-likeness (QED) is 0.353.